The normalized spacial score (nSPS) is 28.9. The first-order valence-electron chi connectivity index (χ1n) is 4.74. The zero-order valence-electron chi connectivity index (χ0n) is 7.38. The maximum Gasteiger partial charge on any atom is 0.0842 e. The van der Waals surface area contributed by atoms with E-state index < -0.39 is 0 Å². The van der Waals surface area contributed by atoms with Gasteiger partial charge in [0.05, 0.1) is 12.2 Å². The molecule has 0 radical (unpaired) electrons. The van der Waals surface area contributed by atoms with Crippen LogP contribution in [-0.2, 0) is 4.74 Å². The summed E-state index contributed by atoms with van der Waals surface area (Å²) in [5, 5.41) is 0. The molecule has 1 aliphatic heterocycles. The van der Waals surface area contributed by atoms with Gasteiger partial charge < -0.3 is 10.5 Å². The van der Waals surface area contributed by atoms with Crippen LogP contribution in [0.25, 0.3) is 0 Å². The van der Waals surface area contributed by atoms with E-state index in [1.807, 2.05) is 0 Å². The highest BCUT2D eigenvalue weighted by molar-refractivity contribution is 4.84. The number of rotatable bonds is 6. The van der Waals surface area contributed by atoms with Crippen molar-refractivity contribution >= 4 is 0 Å². The predicted octanol–water partition coefficient (Wildman–Crippen LogP) is 1.68. The number of hydrogen-bond acceptors (Lipinski definition) is 2. The maximum absolute atomic E-state index is 5.47. The molecule has 0 spiro atoms. The summed E-state index contributed by atoms with van der Waals surface area (Å²) >= 11 is 0. The molecule has 66 valence electrons. The molecule has 0 aliphatic carbocycles. The summed E-state index contributed by atoms with van der Waals surface area (Å²) in [6.45, 7) is 3.03. The van der Waals surface area contributed by atoms with Gasteiger partial charge >= 0.3 is 0 Å². The standard InChI is InChI=1S/C9H19NO/c1-2-3-5-8-9(11-8)6-4-7-10/h8-9H,2-7,10H2,1H3. The summed E-state index contributed by atoms with van der Waals surface area (Å²) in [6, 6.07) is 0. The molecule has 1 fully saturated rings. The number of nitrogens with two attached hydrogens (primary N) is 1. The van der Waals surface area contributed by atoms with Crippen LogP contribution >= 0.6 is 0 Å². The summed E-state index contributed by atoms with van der Waals surface area (Å²) in [4.78, 5) is 0. The van der Waals surface area contributed by atoms with Gasteiger partial charge in [0.2, 0.25) is 0 Å². The summed E-state index contributed by atoms with van der Waals surface area (Å²) in [5.74, 6) is 0. The third-order valence-corrected chi connectivity index (χ3v) is 2.22. The fourth-order valence-electron chi connectivity index (χ4n) is 1.41. The average Bonchev–Trinajstić information content (AvgIpc) is 2.76. The van der Waals surface area contributed by atoms with Crippen molar-refractivity contribution in [2.75, 3.05) is 6.54 Å². The van der Waals surface area contributed by atoms with Crippen molar-refractivity contribution in [2.24, 2.45) is 5.73 Å². The summed E-state index contributed by atoms with van der Waals surface area (Å²) in [7, 11) is 0. The van der Waals surface area contributed by atoms with E-state index in [0.717, 1.165) is 13.0 Å². The molecule has 0 aromatic rings. The van der Waals surface area contributed by atoms with Crippen LogP contribution in [0.5, 0.6) is 0 Å². The van der Waals surface area contributed by atoms with E-state index in [-0.39, 0.29) is 0 Å². The first kappa shape index (κ1) is 9.01. The van der Waals surface area contributed by atoms with Gasteiger partial charge in [-0.1, -0.05) is 19.8 Å². The van der Waals surface area contributed by atoms with E-state index >= 15 is 0 Å². The Morgan fingerprint density at radius 3 is 2.36 bits per heavy atom. The van der Waals surface area contributed by atoms with Crippen molar-refractivity contribution < 1.29 is 4.74 Å². The minimum atomic E-state index is 0.560. The van der Waals surface area contributed by atoms with E-state index in [0.29, 0.717) is 12.2 Å². The highest BCUT2D eigenvalue weighted by atomic mass is 16.6. The Kier molecular flexibility index (Phi) is 3.87. The smallest absolute Gasteiger partial charge is 0.0842 e. The Bertz CT molecular complexity index is 93.7. The van der Waals surface area contributed by atoms with E-state index in [2.05, 4.69) is 6.92 Å². The van der Waals surface area contributed by atoms with Crippen molar-refractivity contribution in [1.82, 2.24) is 0 Å². The van der Waals surface area contributed by atoms with Gasteiger partial charge in [0.1, 0.15) is 0 Å². The van der Waals surface area contributed by atoms with Gasteiger partial charge in [-0.3, -0.25) is 0 Å². The van der Waals surface area contributed by atoms with E-state index in [1.54, 1.807) is 0 Å². The Balaban J connectivity index is 1.89. The van der Waals surface area contributed by atoms with E-state index in [1.165, 1.54) is 25.7 Å². The average molecular weight is 157 g/mol. The Morgan fingerprint density at radius 1 is 1.18 bits per heavy atom. The van der Waals surface area contributed by atoms with Crippen LogP contribution < -0.4 is 5.73 Å². The van der Waals surface area contributed by atoms with Gasteiger partial charge in [0.15, 0.2) is 0 Å². The Hall–Kier alpha value is -0.0800. The molecule has 0 aromatic heterocycles. The van der Waals surface area contributed by atoms with E-state index in [9.17, 15) is 0 Å². The lowest BCUT2D eigenvalue weighted by atomic mass is 10.1. The molecule has 0 aromatic carbocycles. The zero-order chi connectivity index (χ0) is 8.10. The lowest BCUT2D eigenvalue weighted by Gasteiger charge is -1.92. The lowest BCUT2D eigenvalue weighted by molar-refractivity contribution is 0.351. The topological polar surface area (TPSA) is 38.5 Å². The highest BCUT2D eigenvalue weighted by Gasteiger charge is 2.36. The first-order valence-corrected chi connectivity index (χ1v) is 4.74. The molecule has 0 saturated carbocycles. The monoisotopic (exact) mass is 157 g/mol. The molecule has 2 heteroatoms. The van der Waals surface area contributed by atoms with Crippen LogP contribution in [0.3, 0.4) is 0 Å². The lowest BCUT2D eigenvalue weighted by Crippen LogP contribution is -2.02. The number of ether oxygens (including phenoxy) is 1. The minimum absolute atomic E-state index is 0.560. The summed E-state index contributed by atoms with van der Waals surface area (Å²) < 4.78 is 5.47. The van der Waals surface area contributed by atoms with Crippen LogP contribution in [0.4, 0.5) is 0 Å². The van der Waals surface area contributed by atoms with Crippen LogP contribution in [-0.4, -0.2) is 18.8 Å². The van der Waals surface area contributed by atoms with Crippen molar-refractivity contribution in [2.45, 2.75) is 51.2 Å². The van der Waals surface area contributed by atoms with Gasteiger partial charge in [-0.15, -0.1) is 0 Å². The van der Waals surface area contributed by atoms with Gasteiger partial charge in [0, 0.05) is 0 Å². The Morgan fingerprint density at radius 2 is 1.82 bits per heavy atom. The van der Waals surface area contributed by atoms with Gasteiger partial charge in [-0.2, -0.15) is 0 Å². The molecule has 1 heterocycles. The summed E-state index contributed by atoms with van der Waals surface area (Å²) in [6.07, 6.45) is 7.28. The number of unbranched alkanes of at least 4 members (excludes halogenated alkanes) is 1. The van der Waals surface area contributed by atoms with Crippen molar-refractivity contribution in [3.8, 4) is 0 Å². The molecule has 0 amide bonds. The predicted molar refractivity (Wildman–Crippen MR) is 46.5 cm³/mol. The van der Waals surface area contributed by atoms with Crippen molar-refractivity contribution in [1.29, 1.82) is 0 Å². The number of epoxide rings is 1. The largest absolute Gasteiger partial charge is 0.370 e. The molecule has 1 saturated heterocycles. The molecule has 1 aliphatic rings. The fourth-order valence-corrected chi connectivity index (χ4v) is 1.41. The second-order valence-corrected chi connectivity index (χ2v) is 3.29. The quantitative estimate of drug-likeness (QED) is 0.596. The Labute approximate surface area is 69.1 Å². The van der Waals surface area contributed by atoms with Gasteiger partial charge in [0.25, 0.3) is 0 Å². The molecule has 11 heavy (non-hydrogen) atoms. The SMILES string of the molecule is CCCCC1OC1CCCN. The highest BCUT2D eigenvalue weighted by Crippen LogP contribution is 2.30. The number of hydrogen-bond donors (Lipinski definition) is 1. The van der Waals surface area contributed by atoms with Crippen LogP contribution in [0.1, 0.15) is 39.0 Å². The maximum atomic E-state index is 5.47. The fraction of sp³-hybridized carbons (Fsp3) is 1.00. The molecule has 2 nitrogen and oxygen atoms in total. The van der Waals surface area contributed by atoms with Gasteiger partial charge in [-0.25, -0.2) is 0 Å². The molecule has 2 N–H and O–H groups in total. The van der Waals surface area contributed by atoms with Gasteiger partial charge in [-0.05, 0) is 25.8 Å². The second-order valence-electron chi connectivity index (χ2n) is 3.29. The molecule has 0 bridgehead atoms. The molecule has 2 unspecified atom stereocenters. The molecule has 1 rings (SSSR count). The van der Waals surface area contributed by atoms with Crippen LogP contribution in [0.15, 0.2) is 0 Å². The first-order chi connectivity index (χ1) is 5.38. The minimum Gasteiger partial charge on any atom is -0.370 e. The molecular weight excluding hydrogens is 138 g/mol. The molecule has 2 atom stereocenters. The third-order valence-electron chi connectivity index (χ3n) is 2.22. The van der Waals surface area contributed by atoms with Crippen molar-refractivity contribution in [3.05, 3.63) is 0 Å². The van der Waals surface area contributed by atoms with Crippen LogP contribution in [0, 0.1) is 0 Å². The zero-order valence-corrected chi connectivity index (χ0v) is 7.38. The van der Waals surface area contributed by atoms with Crippen molar-refractivity contribution in [3.63, 3.8) is 0 Å². The van der Waals surface area contributed by atoms with Crippen LogP contribution in [0.2, 0.25) is 0 Å². The third kappa shape index (κ3) is 3.21. The summed E-state index contributed by atoms with van der Waals surface area (Å²) in [5.41, 5.74) is 5.39. The van der Waals surface area contributed by atoms with E-state index in [4.69, 9.17) is 10.5 Å². The molecular formula is C9H19NO. The second kappa shape index (κ2) is 4.73.